The second kappa shape index (κ2) is 6.28. The van der Waals surface area contributed by atoms with Gasteiger partial charge in [-0.1, -0.05) is 13.3 Å². The zero-order chi connectivity index (χ0) is 13.7. The number of nitrogens with zero attached hydrogens (tertiary/aromatic N) is 1. The van der Waals surface area contributed by atoms with Gasteiger partial charge in [-0.25, -0.2) is 0 Å². The van der Waals surface area contributed by atoms with Gasteiger partial charge < -0.3 is 15.4 Å². The van der Waals surface area contributed by atoms with Gasteiger partial charge in [0.1, 0.15) is 5.75 Å². The molecule has 100 valence electrons. The average Bonchev–Trinajstić information content (AvgIpc) is 2.31. The molecule has 0 aromatic heterocycles. The van der Waals surface area contributed by atoms with Crippen molar-refractivity contribution in [3.8, 4) is 5.75 Å². The number of hydrogen-bond acceptors (Lipinski definition) is 3. The predicted molar refractivity (Wildman–Crippen MR) is 73.9 cm³/mol. The van der Waals surface area contributed by atoms with Gasteiger partial charge in [-0.3, -0.25) is 4.79 Å². The standard InChI is InChI=1S/C14H22N2O2/c1-5-6-10(2)18-13-8-7-11(9-12(13)15)14(17)16(3)4/h7-10H,5-6,15H2,1-4H3. The lowest BCUT2D eigenvalue weighted by Crippen LogP contribution is -2.21. The van der Waals surface area contributed by atoms with Gasteiger partial charge in [0, 0.05) is 19.7 Å². The molecule has 0 heterocycles. The lowest BCUT2D eigenvalue weighted by atomic mass is 10.1. The summed E-state index contributed by atoms with van der Waals surface area (Å²) in [6.07, 6.45) is 2.18. The molecular weight excluding hydrogens is 228 g/mol. The number of carbonyl (C=O) groups is 1. The van der Waals surface area contributed by atoms with Crippen LogP contribution in [0.3, 0.4) is 0 Å². The van der Waals surface area contributed by atoms with Crippen molar-refractivity contribution in [2.75, 3.05) is 19.8 Å². The Morgan fingerprint density at radius 2 is 2.11 bits per heavy atom. The fraction of sp³-hybridized carbons (Fsp3) is 0.500. The maximum atomic E-state index is 11.8. The highest BCUT2D eigenvalue weighted by Crippen LogP contribution is 2.24. The molecule has 4 nitrogen and oxygen atoms in total. The molecule has 0 fully saturated rings. The molecule has 0 radical (unpaired) electrons. The fourth-order valence-corrected chi connectivity index (χ4v) is 1.73. The van der Waals surface area contributed by atoms with Crippen molar-refractivity contribution < 1.29 is 9.53 Å². The van der Waals surface area contributed by atoms with E-state index in [9.17, 15) is 4.79 Å². The number of benzene rings is 1. The van der Waals surface area contributed by atoms with Crippen molar-refractivity contribution in [2.45, 2.75) is 32.8 Å². The third-order valence-electron chi connectivity index (χ3n) is 2.69. The number of amides is 1. The van der Waals surface area contributed by atoms with E-state index in [0.717, 1.165) is 12.8 Å². The molecule has 1 amide bonds. The minimum absolute atomic E-state index is 0.0603. The maximum absolute atomic E-state index is 11.8. The van der Waals surface area contributed by atoms with Crippen molar-refractivity contribution in [3.05, 3.63) is 23.8 Å². The van der Waals surface area contributed by atoms with Gasteiger partial charge in [-0.05, 0) is 31.5 Å². The molecule has 0 saturated heterocycles. The number of nitrogens with two attached hydrogens (primary N) is 1. The van der Waals surface area contributed by atoms with E-state index >= 15 is 0 Å². The highest BCUT2D eigenvalue weighted by atomic mass is 16.5. The van der Waals surface area contributed by atoms with E-state index < -0.39 is 0 Å². The molecule has 0 aliphatic rings. The third-order valence-corrected chi connectivity index (χ3v) is 2.69. The number of hydrogen-bond donors (Lipinski definition) is 1. The second-order valence-corrected chi connectivity index (χ2v) is 4.67. The normalized spacial score (nSPS) is 12.0. The van der Waals surface area contributed by atoms with Gasteiger partial charge in [-0.15, -0.1) is 0 Å². The molecule has 1 aromatic rings. The Kier molecular flexibility index (Phi) is 5.01. The average molecular weight is 250 g/mol. The van der Waals surface area contributed by atoms with Crippen LogP contribution in [0.2, 0.25) is 0 Å². The lowest BCUT2D eigenvalue weighted by molar-refractivity contribution is 0.0827. The van der Waals surface area contributed by atoms with Crippen LogP contribution in [0, 0.1) is 0 Å². The summed E-state index contributed by atoms with van der Waals surface area (Å²) in [5.41, 5.74) is 6.99. The van der Waals surface area contributed by atoms with Gasteiger partial charge in [0.05, 0.1) is 11.8 Å². The quantitative estimate of drug-likeness (QED) is 0.817. The molecule has 0 bridgehead atoms. The van der Waals surface area contributed by atoms with Crippen LogP contribution in [0.5, 0.6) is 5.75 Å². The first-order chi connectivity index (χ1) is 8.45. The summed E-state index contributed by atoms with van der Waals surface area (Å²) in [6.45, 7) is 4.13. The van der Waals surface area contributed by atoms with E-state index in [0.29, 0.717) is 17.0 Å². The molecule has 1 aromatic carbocycles. The Balaban J connectivity index is 2.83. The van der Waals surface area contributed by atoms with Gasteiger partial charge in [0.25, 0.3) is 5.91 Å². The highest BCUT2D eigenvalue weighted by molar-refractivity contribution is 5.95. The van der Waals surface area contributed by atoms with Crippen LogP contribution in [0.15, 0.2) is 18.2 Å². The van der Waals surface area contributed by atoms with Crippen molar-refractivity contribution in [3.63, 3.8) is 0 Å². The molecule has 1 atom stereocenters. The molecular formula is C14H22N2O2. The largest absolute Gasteiger partial charge is 0.489 e. The summed E-state index contributed by atoms with van der Waals surface area (Å²) >= 11 is 0. The third kappa shape index (κ3) is 3.65. The van der Waals surface area contributed by atoms with E-state index in [1.165, 1.54) is 4.90 Å². The minimum atomic E-state index is -0.0603. The van der Waals surface area contributed by atoms with Crippen molar-refractivity contribution in [2.24, 2.45) is 0 Å². The fourth-order valence-electron chi connectivity index (χ4n) is 1.73. The van der Waals surface area contributed by atoms with Gasteiger partial charge in [0.15, 0.2) is 0 Å². The van der Waals surface area contributed by atoms with Gasteiger partial charge >= 0.3 is 0 Å². The first-order valence-corrected chi connectivity index (χ1v) is 6.23. The number of ether oxygens (including phenoxy) is 1. The minimum Gasteiger partial charge on any atom is -0.489 e. The SMILES string of the molecule is CCCC(C)Oc1ccc(C(=O)N(C)C)cc1N. The molecule has 1 unspecified atom stereocenters. The molecule has 4 heteroatoms. The van der Waals surface area contributed by atoms with E-state index in [-0.39, 0.29) is 12.0 Å². The van der Waals surface area contributed by atoms with Crippen molar-refractivity contribution in [1.29, 1.82) is 0 Å². The first kappa shape index (κ1) is 14.4. The number of anilines is 1. The number of carbonyl (C=O) groups excluding carboxylic acids is 1. The van der Waals surface area contributed by atoms with Crippen LogP contribution < -0.4 is 10.5 Å². The lowest BCUT2D eigenvalue weighted by Gasteiger charge is -2.16. The number of rotatable bonds is 5. The summed E-state index contributed by atoms with van der Waals surface area (Å²) in [5.74, 6) is 0.584. The molecule has 0 saturated carbocycles. The molecule has 2 N–H and O–H groups in total. The molecule has 0 aliphatic heterocycles. The van der Waals surface area contributed by atoms with Gasteiger partial charge in [0.2, 0.25) is 0 Å². The summed E-state index contributed by atoms with van der Waals surface area (Å²) in [7, 11) is 3.43. The van der Waals surface area contributed by atoms with Crippen LogP contribution in [0.1, 0.15) is 37.0 Å². The second-order valence-electron chi connectivity index (χ2n) is 4.67. The van der Waals surface area contributed by atoms with Crippen molar-refractivity contribution >= 4 is 11.6 Å². The zero-order valence-corrected chi connectivity index (χ0v) is 11.6. The van der Waals surface area contributed by atoms with Crippen LogP contribution in [0.4, 0.5) is 5.69 Å². The molecule has 0 aliphatic carbocycles. The maximum Gasteiger partial charge on any atom is 0.253 e. The monoisotopic (exact) mass is 250 g/mol. The summed E-state index contributed by atoms with van der Waals surface area (Å²) in [4.78, 5) is 13.3. The van der Waals surface area contributed by atoms with Crippen LogP contribution in [-0.4, -0.2) is 31.0 Å². The Bertz CT molecular complexity index is 416. The smallest absolute Gasteiger partial charge is 0.253 e. The predicted octanol–water partition coefficient (Wildman–Crippen LogP) is 2.54. The highest BCUT2D eigenvalue weighted by Gasteiger charge is 2.11. The number of nitrogen functional groups attached to an aromatic ring is 1. The Morgan fingerprint density at radius 3 is 2.61 bits per heavy atom. The summed E-state index contributed by atoms with van der Waals surface area (Å²) in [5, 5.41) is 0. The van der Waals surface area contributed by atoms with E-state index in [1.807, 2.05) is 6.92 Å². The Labute approximate surface area is 109 Å². The molecule has 1 rings (SSSR count). The van der Waals surface area contributed by atoms with Gasteiger partial charge in [-0.2, -0.15) is 0 Å². The van der Waals surface area contributed by atoms with E-state index in [1.54, 1.807) is 32.3 Å². The first-order valence-electron chi connectivity index (χ1n) is 6.23. The van der Waals surface area contributed by atoms with E-state index in [2.05, 4.69) is 6.92 Å². The van der Waals surface area contributed by atoms with Crippen LogP contribution in [0.25, 0.3) is 0 Å². The Hall–Kier alpha value is -1.71. The molecule has 18 heavy (non-hydrogen) atoms. The van der Waals surface area contributed by atoms with Crippen LogP contribution in [-0.2, 0) is 0 Å². The molecule has 0 spiro atoms. The van der Waals surface area contributed by atoms with Crippen LogP contribution >= 0.6 is 0 Å². The topological polar surface area (TPSA) is 55.6 Å². The Morgan fingerprint density at radius 1 is 1.44 bits per heavy atom. The van der Waals surface area contributed by atoms with Crippen molar-refractivity contribution in [1.82, 2.24) is 4.90 Å². The summed E-state index contributed by atoms with van der Waals surface area (Å²) < 4.78 is 5.73. The zero-order valence-electron chi connectivity index (χ0n) is 11.6. The van der Waals surface area contributed by atoms with E-state index in [4.69, 9.17) is 10.5 Å². The summed E-state index contributed by atoms with van der Waals surface area (Å²) in [6, 6.07) is 5.17.